The number of hydrogen-bond donors (Lipinski definition) is 1. The zero-order valence-corrected chi connectivity index (χ0v) is 10.7. The fourth-order valence-corrected chi connectivity index (χ4v) is 1.99. The van der Waals surface area contributed by atoms with Crippen molar-refractivity contribution in [2.45, 2.75) is 5.73 Å². The van der Waals surface area contributed by atoms with Crippen LogP contribution in [0.25, 0.3) is 0 Å². The van der Waals surface area contributed by atoms with Gasteiger partial charge in [0.25, 0.3) is 0 Å². The van der Waals surface area contributed by atoms with E-state index in [1.807, 2.05) is 0 Å². The lowest BCUT2D eigenvalue weighted by Gasteiger charge is -2.28. The zero-order chi connectivity index (χ0) is 14.8. The molecular formula is C9H9F5O4Si. The van der Waals surface area contributed by atoms with Crippen LogP contribution in [0.2, 0.25) is 0 Å². The van der Waals surface area contributed by atoms with Gasteiger partial charge in [-0.2, -0.15) is 13.2 Å². The number of alkyl halides is 2. The Kier molecular flexibility index (Phi) is 4.50. The molecule has 0 saturated heterocycles. The van der Waals surface area contributed by atoms with Crippen molar-refractivity contribution < 1.29 is 40.3 Å². The van der Waals surface area contributed by atoms with Crippen LogP contribution in [0, 0.1) is 17.5 Å². The molecule has 19 heavy (non-hydrogen) atoms. The molecule has 0 heterocycles. The third-order valence-electron chi connectivity index (χ3n) is 2.16. The summed E-state index contributed by atoms with van der Waals surface area (Å²) in [6.45, 7) is 0. The fraction of sp³-hybridized carbons (Fsp3) is 0.333. The molecule has 0 atom stereocenters. The van der Waals surface area contributed by atoms with E-state index in [9.17, 15) is 26.7 Å². The minimum atomic E-state index is -5.10. The summed E-state index contributed by atoms with van der Waals surface area (Å²) >= 11 is 0. The second kappa shape index (κ2) is 5.41. The first-order valence-corrected chi connectivity index (χ1v) is 6.48. The van der Waals surface area contributed by atoms with Gasteiger partial charge in [0, 0.05) is 14.2 Å². The quantitative estimate of drug-likeness (QED) is 0.512. The molecule has 0 amide bonds. The average molecular weight is 304 g/mol. The monoisotopic (exact) mass is 304 g/mol. The van der Waals surface area contributed by atoms with Crippen molar-refractivity contribution in [2.75, 3.05) is 14.2 Å². The van der Waals surface area contributed by atoms with E-state index < -0.39 is 37.7 Å². The maximum atomic E-state index is 13.5. The molecule has 0 spiro atoms. The molecule has 0 aliphatic rings. The summed E-state index contributed by atoms with van der Waals surface area (Å²) in [6.07, 6.45) is 0. The normalized spacial score (nSPS) is 12.6. The van der Waals surface area contributed by atoms with Gasteiger partial charge in [-0.15, -0.1) is 0 Å². The highest BCUT2D eigenvalue weighted by Crippen LogP contribution is 2.32. The van der Waals surface area contributed by atoms with E-state index in [2.05, 4.69) is 13.6 Å². The highest BCUT2D eigenvalue weighted by Gasteiger charge is 2.65. The Bertz CT molecular complexity index is 466. The molecule has 0 fully saturated rings. The van der Waals surface area contributed by atoms with Gasteiger partial charge >= 0.3 is 14.5 Å². The molecule has 0 unspecified atom stereocenters. The molecule has 0 bridgehead atoms. The van der Waals surface area contributed by atoms with Crippen LogP contribution in [0.5, 0.6) is 5.75 Å². The fourth-order valence-electron chi connectivity index (χ4n) is 1.11. The van der Waals surface area contributed by atoms with E-state index in [1.54, 1.807) is 0 Å². The Hall–Kier alpha value is -1.23. The lowest BCUT2D eigenvalue weighted by Crippen LogP contribution is -2.60. The molecule has 0 radical (unpaired) electrons. The van der Waals surface area contributed by atoms with E-state index in [-0.39, 0.29) is 0 Å². The van der Waals surface area contributed by atoms with Crippen molar-refractivity contribution in [2.24, 2.45) is 0 Å². The highest BCUT2D eigenvalue weighted by atomic mass is 28.4. The van der Waals surface area contributed by atoms with Crippen molar-refractivity contribution in [3.63, 3.8) is 0 Å². The summed E-state index contributed by atoms with van der Waals surface area (Å²) in [6, 6.07) is 0.839. The van der Waals surface area contributed by atoms with Crippen LogP contribution < -0.4 is 4.74 Å². The summed E-state index contributed by atoms with van der Waals surface area (Å²) in [7, 11) is -3.64. The van der Waals surface area contributed by atoms with Gasteiger partial charge in [-0.1, -0.05) is 0 Å². The third kappa shape index (κ3) is 2.86. The summed E-state index contributed by atoms with van der Waals surface area (Å²) in [5.41, 5.74) is -4.44. The summed E-state index contributed by atoms with van der Waals surface area (Å²) in [4.78, 5) is 9.36. The van der Waals surface area contributed by atoms with Gasteiger partial charge in [-0.25, -0.2) is 8.78 Å². The van der Waals surface area contributed by atoms with E-state index in [0.717, 1.165) is 14.2 Å². The van der Waals surface area contributed by atoms with Gasteiger partial charge < -0.3 is 18.4 Å². The van der Waals surface area contributed by atoms with Crippen LogP contribution in [0.15, 0.2) is 12.1 Å². The zero-order valence-electron chi connectivity index (χ0n) is 9.72. The van der Waals surface area contributed by atoms with Crippen molar-refractivity contribution in [1.82, 2.24) is 0 Å². The summed E-state index contributed by atoms with van der Waals surface area (Å²) in [5.74, 6) is -6.79. The predicted molar refractivity (Wildman–Crippen MR) is 53.9 cm³/mol. The van der Waals surface area contributed by atoms with E-state index in [1.165, 1.54) is 0 Å². The molecular weight excluding hydrogens is 295 g/mol. The van der Waals surface area contributed by atoms with Crippen LogP contribution >= 0.6 is 0 Å². The Morgan fingerprint density at radius 3 is 2.05 bits per heavy atom. The van der Waals surface area contributed by atoms with Crippen LogP contribution in [0.1, 0.15) is 0 Å². The van der Waals surface area contributed by atoms with Crippen LogP contribution in [0.4, 0.5) is 22.0 Å². The Balaban J connectivity index is 3.12. The number of ether oxygens (including phenoxy) is 1. The molecule has 108 valence electrons. The first kappa shape index (κ1) is 15.8. The smallest absolute Gasteiger partial charge is 0.427 e. The second-order valence-corrected chi connectivity index (χ2v) is 5.84. The average Bonchev–Trinajstić information content (AvgIpc) is 2.38. The van der Waals surface area contributed by atoms with Gasteiger partial charge in [0.1, 0.15) is 0 Å². The molecule has 0 aromatic heterocycles. The third-order valence-corrected chi connectivity index (χ3v) is 4.10. The van der Waals surface area contributed by atoms with Gasteiger partial charge in [0.05, 0.1) is 0 Å². The van der Waals surface area contributed by atoms with Crippen LogP contribution in [0.3, 0.4) is 0 Å². The molecule has 1 N–H and O–H groups in total. The van der Waals surface area contributed by atoms with Crippen LogP contribution in [-0.4, -0.2) is 33.6 Å². The lowest BCUT2D eigenvalue weighted by molar-refractivity contribution is -0.160. The highest BCUT2D eigenvalue weighted by molar-refractivity contribution is 6.61. The summed E-state index contributed by atoms with van der Waals surface area (Å²) < 4.78 is 77.8. The molecule has 4 nitrogen and oxygen atoms in total. The van der Waals surface area contributed by atoms with E-state index >= 15 is 0 Å². The molecule has 1 aromatic carbocycles. The van der Waals surface area contributed by atoms with Gasteiger partial charge in [-0.05, 0) is 12.1 Å². The predicted octanol–water partition coefficient (Wildman–Crippen LogP) is 1.84. The van der Waals surface area contributed by atoms with Crippen molar-refractivity contribution >= 4 is 8.80 Å². The largest absolute Gasteiger partial charge is 0.624 e. The Morgan fingerprint density at radius 1 is 1.05 bits per heavy atom. The van der Waals surface area contributed by atoms with Crippen molar-refractivity contribution in [3.8, 4) is 5.75 Å². The molecule has 0 aliphatic heterocycles. The minimum absolute atomic E-state index is 0.393. The lowest BCUT2D eigenvalue weighted by atomic mass is 10.3. The molecule has 0 saturated carbocycles. The Labute approximate surface area is 105 Å². The van der Waals surface area contributed by atoms with Crippen molar-refractivity contribution in [3.05, 3.63) is 29.6 Å². The van der Waals surface area contributed by atoms with E-state index in [0.29, 0.717) is 12.1 Å². The van der Waals surface area contributed by atoms with Crippen LogP contribution in [-0.2, 0) is 8.85 Å². The standard InChI is InChI=1S/C9H9F5O4Si/c1-16-19(15,17-2)9(13,14)18-6-4-3-5(10)7(11)8(6)12/h3-4,15H,1-2H3. The van der Waals surface area contributed by atoms with Gasteiger partial charge in [0.15, 0.2) is 17.4 Å². The SMILES string of the molecule is CO[Si](O)(OC)C(F)(F)Oc1ccc(F)c(F)c1F. The molecule has 1 aromatic rings. The first-order chi connectivity index (χ1) is 8.68. The molecule has 0 aliphatic carbocycles. The maximum Gasteiger partial charge on any atom is 0.624 e. The number of halogens is 5. The van der Waals surface area contributed by atoms with Crippen molar-refractivity contribution in [1.29, 1.82) is 0 Å². The number of hydrogen-bond acceptors (Lipinski definition) is 4. The van der Waals surface area contributed by atoms with Gasteiger partial charge in [0.2, 0.25) is 5.82 Å². The maximum absolute atomic E-state index is 13.5. The molecule has 1 rings (SSSR count). The number of rotatable bonds is 5. The first-order valence-electron chi connectivity index (χ1n) is 4.71. The second-order valence-electron chi connectivity index (χ2n) is 3.28. The topological polar surface area (TPSA) is 47.9 Å². The Morgan fingerprint density at radius 2 is 1.58 bits per heavy atom. The van der Waals surface area contributed by atoms with E-state index in [4.69, 9.17) is 0 Å². The molecule has 10 heteroatoms. The van der Waals surface area contributed by atoms with Gasteiger partial charge in [-0.3, -0.25) is 0 Å². The minimum Gasteiger partial charge on any atom is -0.427 e. The number of benzene rings is 1. The summed E-state index contributed by atoms with van der Waals surface area (Å²) in [5, 5.41) is 0.